The first-order chi connectivity index (χ1) is 16.5. The molecule has 0 radical (unpaired) electrons. The van der Waals surface area contributed by atoms with Gasteiger partial charge in [-0.15, -0.1) is 0 Å². The van der Waals surface area contributed by atoms with Gasteiger partial charge in [0.2, 0.25) is 5.43 Å². The summed E-state index contributed by atoms with van der Waals surface area (Å²) >= 11 is 6.00. The van der Waals surface area contributed by atoms with Crippen LogP contribution in [-0.4, -0.2) is 33.6 Å². The third-order valence-electron chi connectivity index (χ3n) is 5.48. The van der Waals surface area contributed by atoms with Crippen molar-refractivity contribution in [1.82, 2.24) is 0 Å². The third kappa shape index (κ3) is 6.28. The van der Waals surface area contributed by atoms with E-state index in [0.717, 1.165) is 5.56 Å². The van der Waals surface area contributed by atoms with Crippen LogP contribution >= 0.6 is 19.4 Å². The van der Waals surface area contributed by atoms with Crippen molar-refractivity contribution in [3.63, 3.8) is 0 Å². The van der Waals surface area contributed by atoms with Gasteiger partial charge in [0, 0.05) is 11.1 Å². The Morgan fingerprint density at radius 3 is 2.49 bits per heavy atom. The Morgan fingerprint density at radius 2 is 1.77 bits per heavy atom. The summed E-state index contributed by atoms with van der Waals surface area (Å²) in [5.74, 6) is 1.04. The number of fused-ring (bicyclic) bond motifs is 2. The van der Waals surface area contributed by atoms with Crippen molar-refractivity contribution in [2.24, 2.45) is 5.73 Å². The lowest BCUT2D eigenvalue weighted by atomic mass is 9.93. The Morgan fingerprint density at radius 1 is 1.00 bits per heavy atom. The van der Waals surface area contributed by atoms with E-state index in [1.165, 1.54) is 0 Å². The number of phosphoric acid groups is 1. The quantitative estimate of drug-likeness (QED) is 0.189. The van der Waals surface area contributed by atoms with Crippen LogP contribution in [0.2, 0.25) is 5.02 Å². The number of hydrogen-bond acceptors (Lipinski definition) is 7. The van der Waals surface area contributed by atoms with Crippen molar-refractivity contribution in [1.29, 1.82) is 0 Å². The fourth-order valence-corrected chi connectivity index (χ4v) is 4.18. The minimum Gasteiger partial charge on any atom is -0.457 e. The number of aryl methyl sites for hydroxylation is 1. The van der Waals surface area contributed by atoms with Crippen molar-refractivity contribution in [3.8, 4) is 11.5 Å². The van der Waals surface area contributed by atoms with Gasteiger partial charge in [-0.3, -0.25) is 9.32 Å². The number of aliphatic hydroxyl groups is 1. The fraction of sp³-hybridized carbons (Fsp3) is 0.208. The molecule has 1 heterocycles. The van der Waals surface area contributed by atoms with Gasteiger partial charge in [-0.1, -0.05) is 23.7 Å². The van der Waals surface area contributed by atoms with Crippen molar-refractivity contribution < 1.29 is 33.1 Å². The second-order valence-corrected chi connectivity index (χ2v) is 9.94. The second-order valence-electron chi connectivity index (χ2n) is 8.26. The summed E-state index contributed by atoms with van der Waals surface area (Å²) in [5.41, 5.74) is 5.95. The number of aliphatic hydroxyl groups excluding tert-OH is 1. The molecule has 1 unspecified atom stereocenters. The van der Waals surface area contributed by atoms with Crippen molar-refractivity contribution in [3.05, 3.63) is 81.5 Å². The molecule has 0 aliphatic carbocycles. The maximum absolute atomic E-state index is 13.1. The standard InChI is InChI=1S/C24H23ClNO8P/c25-16-2-1-3-17(11-16)33-18-5-6-19-22(12-18)34-21-7-4-15(10-20(21)23(19)28)8-9-24(26,13-27)14-32-35(29,30)31/h1-7,10-12,27H,8-9,13-14,26H2,(H2,29,30,31). The van der Waals surface area contributed by atoms with Gasteiger partial charge in [-0.25, -0.2) is 4.57 Å². The number of nitrogens with two attached hydrogens (primary N) is 1. The molecule has 0 aliphatic heterocycles. The number of halogens is 1. The van der Waals surface area contributed by atoms with E-state index in [1.54, 1.807) is 60.7 Å². The highest BCUT2D eigenvalue weighted by atomic mass is 35.5. The molecule has 0 aliphatic rings. The van der Waals surface area contributed by atoms with Gasteiger partial charge in [0.05, 0.1) is 29.5 Å². The Kier molecular flexibility index (Phi) is 7.30. The zero-order valence-electron chi connectivity index (χ0n) is 18.4. The normalized spacial score (nSPS) is 13.7. The van der Waals surface area contributed by atoms with Gasteiger partial charge >= 0.3 is 7.82 Å². The van der Waals surface area contributed by atoms with E-state index in [0.29, 0.717) is 44.9 Å². The molecule has 0 amide bonds. The summed E-state index contributed by atoms with van der Waals surface area (Å²) < 4.78 is 27.2. The van der Waals surface area contributed by atoms with E-state index in [4.69, 9.17) is 36.3 Å². The van der Waals surface area contributed by atoms with Crippen LogP contribution in [-0.2, 0) is 15.5 Å². The number of rotatable bonds is 9. The van der Waals surface area contributed by atoms with E-state index in [-0.39, 0.29) is 11.8 Å². The van der Waals surface area contributed by atoms with E-state index in [1.807, 2.05) is 0 Å². The van der Waals surface area contributed by atoms with Crippen LogP contribution < -0.4 is 15.9 Å². The average Bonchev–Trinajstić information content (AvgIpc) is 2.81. The molecule has 4 aromatic rings. The molecule has 3 aromatic carbocycles. The summed E-state index contributed by atoms with van der Waals surface area (Å²) in [6.07, 6.45) is 0.500. The lowest BCUT2D eigenvalue weighted by Gasteiger charge is -2.27. The molecule has 0 spiro atoms. The van der Waals surface area contributed by atoms with Crippen LogP contribution in [0.3, 0.4) is 0 Å². The van der Waals surface area contributed by atoms with Gasteiger partial charge in [0.15, 0.2) is 0 Å². The minimum absolute atomic E-state index is 0.165. The molecule has 1 atom stereocenters. The molecule has 0 bridgehead atoms. The third-order valence-corrected chi connectivity index (χ3v) is 6.19. The molecular weight excluding hydrogens is 497 g/mol. The molecule has 4 rings (SSSR count). The molecule has 11 heteroatoms. The number of benzene rings is 3. The van der Waals surface area contributed by atoms with Gasteiger partial charge in [0.25, 0.3) is 0 Å². The first-order valence-corrected chi connectivity index (χ1v) is 12.5. The maximum Gasteiger partial charge on any atom is 0.469 e. The predicted octanol–water partition coefficient (Wildman–Crippen LogP) is 4.12. The Bertz CT molecular complexity index is 1480. The van der Waals surface area contributed by atoms with Crippen molar-refractivity contribution in [2.75, 3.05) is 13.2 Å². The zero-order chi connectivity index (χ0) is 25.2. The first-order valence-electron chi connectivity index (χ1n) is 10.6. The largest absolute Gasteiger partial charge is 0.469 e. The monoisotopic (exact) mass is 519 g/mol. The smallest absolute Gasteiger partial charge is 0.457 e. The van der Waals surface area contributed by atoms with Gasteiger partial charge in [-0.05, 0) is 60.9 Å². The Labute approximate surface area is 204 Å². The van der Waals surface area contributed by atoms with Crippen LogP contribution in [0.1, 0.15) is 12.0 Å². The number of ether oxygens (including phenoxy) is 1. The maximum atomic E-state index is 13.1. The van der Waals surface area contributed by atoms with E-state index < -0.39 is 26.6 Å². The number of phosphoric ester groups is 1. The molecular formula is C24H23ClNO8P. The lowest BCUT2D eigenvalue weighted by molar-refractivity contribution is 0.102. The highest BCUT2D eigenvalue weighted by molar-refractivity contribution is 7.46. The molecule has 184 valence electrons. The summed E-state index contributed by atoms with van der Waals surface area (Å²) in [4.78, 5) is 30.9. The second kappa shape index (κ2) is 10.1. The van der Waals surface area contributed by atoms with Crippen LogP contribution in [0.25, 0.3) is 21.9 Å². The van der Waals surface area contributed by atoms with Gasteiger partial charge < -0.3 is 29.8 Å². The van der Waals surface area contributed by atoms with Crippen LogP contribution in [0, 0.1) is 0 Å². The summed E-state index contributed by atoms with van der Waals surface area (Å²) in [5, 5.41) is 10.9. The van der Waals surface area contributed by atoms with E-state index >= 15 is 0 Å². The van der Waals surface area contributed by atoms with Crippen molar-refractivity contribution in [2.45, 2.75) is 18.4 Å². The van der Waals surface area contributed by atoms with Crippen molar-refractivity contribution >= 4 is 41.4 Å². The number of hydrogen-bond donors (Lipinski definition) is 4. The summed E-state index contributed by atoms with van der Waals surface area (Å²) in [6.45, 7) is -1.05. The lowest BCUT2D eigenvalue weighted by Crippen LogP contribution is -2.48. The van der Waals surface area contributed by atoms with Crippen LogP contribution in [0.15, 0.2) is 69.9 Å². The molecule has 1 aromatic heterocycles. The molecule has 9 nitrogen and oxygen atoms in total. The van der Waals surface area contributed by atoms with Crippen LogP contribution in [0.5, 0.6) is 11.5 Å². The first kappa shape index (κ1) is 25.3. The predicted molar refractivity (Wildman–Crippen MR) is 132 cm³/mol. The highest BCUT2D eigenvalue weighted by Crippen LogP contribution is 2.37. The van der Waals surface area contributed by atoms with Gasteiger partial charge in [0.1, 0.15) is 22.7 Å². The zero-order valence-corrected chi connectivity index (χ0v) is 20.0. The molecule has 0 fully saturated rings. The Balaban J connectivity index is 1.58. The van der Waals surface area contributed by atoms with E-state index in [2.05, 4.69) is 4.52 Å². The minimum atomic E-state index is -4.72. The molecule has 0 saturated heterocycles. The summed E-state index contributed by atoms with van der Waals surface area (Å²) in [6, 6.07) is 17.0. The highest BCUT2D eigenvalue weighted by Gasteiger charge is 2.28. The topological polar surface area (TPSA) is 152 Å². The van der Waals surface area contributed by atoms with Gasteiger partial charge in [-0.2, -0.15) is 0 Å². The average molecular weight is 520 g/mol. The molecule has 0 saturated carbocycles. The SMILES string of the molecule is NC(CO)(CCc1ccc2oc3cc(Oc4cccc(Cl)c4)ccc3c(=O)c2c1)COP(=O)(O)O. The van der Waals surface area contributed by atoms with E-state index in [9.17, 15) is 14.5 Å². The van der Waals surface area contributed by atoms with Crippen LogP contribution in [0.4, 0.5) is 0 Å². The fourth-order valence-electron chi connectivity index (χ4n) is 3.57. The Hall–Kier alpha value is -2.75. The molecule has 5 N–H and O–H groups in total. The summed E-state index contributed by atoms with van der Waals surface area (Å²) in [7, 11) is -4.72. The molecule has 35 heavy (non-hydrogen) atoms.